The fourth-order valence-electron chi connectivity index (χ4n) is 9.97. The van der Waals surface area contributed by atoms with Gasteiger partial charge in [0, 0.05) is 109 Å². The van der Waals surface area contributed by atoms with Gasteiger partial charge < -0.3 is 85.2 Å². The van der Waals surface area contributed by atoms with Crippen LogP contribution in [0.2, 0.25) is 0 Å². The van der Waals surface area contributed by atoms with Crippen LogP contribution in [0.25, 0.3) is 0 Å². The van der Waals surface area contributed by atoms with Gasteiger partial charge in [-0.1, -0.05) is 47.9 Å². The third-order valence-electron chi connectivity index (χ3n) is 15.2. The highest BCUT2D eigenvalue weighted by molar-refractivity contribution is 5.93. The molecule has 0 radical (unpaired) electrons. The summed E-state index contributed by atoms with van der Waals surface area (Å²) in [7, 11) is 13.4. The first-order valence-electron chi connectivity index (χ1n) is 34.8. The maximum Gasteiger partial charge on any atom is 0.410 e. The van der Waals surface area contributed by atoms with Crippen molar-refractivity contribution in [3.8, 4) is 0 Å². The van der Waals surface area contributed by atoms with Crippen molar-refractivity contribution in [3.05, 3.63) is 128 Å². The van der Waals surface area contributed by atoms with Gasteiger partial charge in [0.2, 0.25) is 12.4 Å². The number of carbonyl (C=O) groups excluding carboxylic acids is 8. The molecule has 3 aliphatic rings. The summed E-state index contributed by atoms with van der Waals surface area (Å²) in [6, 6.07) is 17.3. The summed E-state index contributed by atoms with van der Waals surface area (Å²) in [6.45, 7) is 29.6. The van der Waals surface area contributed by atoms with Crippen molar-refractivity contribution in [1.29, 1.82) is 0 Å². The molecule has 4 heterocycles. The number of nitrogens with two attached hydrogens (primary N) is 3. The van der Waals surface area contributed by atoms with Crippen LogP contribution in [0.15, 0.2) is 84.1 Å². The molecule has 32 heteroatoms. The van der Waals surface area contributed by atoms with Gasteiger partial charge in [0.25, 0.3) is 5.09 Å². The Balaban J connectivity index is -0.000000638. The van der Waals surface area contributed by atoms with E-state index in [1.807, 2.05) is 133 Å². The normalized spacial score (nSPS) is 14.8. The molecular weight excluding hydrogens is 1430 g/mol. The third kappa shape index (κ3) is 43.7. The van der Waals surface area contributed by atoms with E-state index in [1.165, 1.54) is 14.2 Å². The van der Waals surface area contributed by atoms with E-state index in [-0.39, 0.29) is 102 Å². The summed E-state index contributed by atoms with van der Waals surface area (Å²) in [4.78, 5) is 124. The first-order chi connectivity index (χ1) is 49.8. The van der Waals surface area contributed by atoms with E-state index in [0.717, 1.165) is 66.6 Å². The molecule has 3 atom stereocenters. The second kappa shape index (κ2) is 52.8. The first-order valence-corrected chi connectivity index (χ1v) is 34.8. The van der Waals surface area contributed by atoms with E-state index >= 15 is 0 Å². The van der Waals surface area contributed by atoms with Gasteiger partial charge in [-0.15, -0.1) is 10.1 Å². The number of anilines is 3. The summed E-state index contributed by atoms with van der Waals surface area (Å²) >= 11 is 0. The molecule has 1 aromatic heterocycles. The van der Waals surface area contributed by atoms with Crippen LogP contribution in [0.4, 0.5) is 37.4 Å². The zero-order valence-electron chi connectivity index (χ0n) is 66.6. The van der Waals surface area contributed by atoms with E-state index in [4.69, 9.17) is 65.9 Å². The lowest BCUT2D eigenvalue weighted by Gasteiger charge is -2.34. The summed E-state index contributed by atoms with van der Waals surface area (Å²) < 4.78 is 40.1. The number of guanidine groups is 1. The van der Waals surface area contributed by atoms with Gasteiger partial charge in [-0.25, -0.2) is 43.7 Å². The van der Waals surface area contributed by atoms with Gasteiger partial charge in [0.05, 0.1) is 48.9 Å². The van der Waals surface area contributed by atoms with Crippen LogP contribution in [0.3, 0.4) is 0 Å². The number of esters is 3. The van der Waals surface area contributed by atoms with Crippen LogP contribution in [0.1, 0.15) is 204 Å². The Labute approximate surface area is 659 Å². The Hall–Kier alpha value is -10.2. The standard InChI is InChI=1S/C24H32N4O4.C15H26N2O3.C12H21NO3.C10H13N3O2.C9H11NO2.C5H13NO2.4CH4.HNO3/c1-6-31-21(29)17-10-9-16(2)20(14-17)27-22-25-12-11-19(26-22)18-8-7-13-28(15-18)23(30)32-24(3,4)5;1-15(2,3)20-14(19)17-9-6-7-12(11-17)13(18)8-10-16(4)5;1-9(14)10-6-5-7-13(8-10)11(15)16-12(2,3)4;1-6-3-4-7(9(14)15-2)5-8(6)13-10(11)12;1-6-3-4-7(5-8(6)10)9(11)12-2;1-6(2)5(7-3)8-4;;;;;2-1(3)4/h9-12,14,18H,6-8,13,15H2,1-5H3,(H,25,26,27);8,10,12H,6-7,9,11H2,1-5H3;10H,5-8H2,1-4H3;3-5H,1-2H3,(H4,11,12,13);3-5H,10H2,1-2H3;5H,1-4H3;4*1H4;(H,2,3,4)/b;10-8+;;;;;;;;;. The van der Waals surface area contributed by atoms with Crippen LogP contribution in [0, 0.1) is 42.7 Å². The smallest absolute Gasteiger partial charge is 0.410 e. The molecule has 0 spiro atoms. The summed E-state index contributed by atoms with van der Waals surface area (Å²) in [5.74, 6) is -0.528. The summed E-state index contributed by atoms with van der Waals surface area (Å²) in [5, 5.41) is 16.9. The number of benzene rings is 3. The number of rotatable bonds is 15. The summed E-state index contributed by atoms with van der Waals surface area (Å²) in [6.07, 6.45) is 9.16. The van der Waals surface area contributed by atoms with E-state index in [0.29, 0.717) is 79.9 Å². The van der Waals surface area contributed by atoms with Crippen molar-refractivity contribution in [2.24, 2.45) is 28.3 Å². The van der Waals surface area contributed by atoms with Crippen LogP contribution in [-0.2, 0) is 47.5 Å². The molecule has 0 saturated carbocycles. The first kappa shape index (κ1) is 107. The predicted molar refractivity (Wildman–Crippen MR) is 434 cm³/mol. The molecule has 8 N–H and O–H groups in total. The number of amides is 3. The number of methoxy groups -OCH3 is 4. The number of carbonyl (C=O) groups is 8. The number of allylic oxidation sites excluding steroid dienone is 1. The average molecular weight is 1570 g/mol. The quantitative estimate of drug-likeness (QED) is 0.00849. The Morgan fingerprint density at radius 2 is 1.07 bits per heavy atom. The zero-order chi connectivity index (χ0) is 81.7. The molecule has 0 aliphatic carbocycles. The van der Waals surface area contributed by atoms with Crippen molar-refractivity contribution in [3.63, 3.8) is 0 Å². The molecule has 3 aliphatic heterocycles. The third-order valence-corrected chi connectivity index (χ3v) is 15.2. The van der Waals surface area contributed by atoms with E-state index in [9.17, 15) is 38.4 Å². The summed E-state index contributed by atoms with van der Waals surface area (Å²) in [5.41, 5.74) is 21.6. The zero-order valence-corrected chi connectivity index (χ0v) is 66.6. The van der Waals surface area contributed by atoms with Gasteiger partial charge in [0.1, 0.15) is 22.6 Å². The van der Waals surface area contributed by atoms with Crippen molar-refractivity contribution < 1.29 is 86.5 Å². The topological polar surface area (TPSA) is 418 Å². The molecular formula is C79H133N13O19. The Morgan fingerprint density at radius 1 is 0.649 bits per heavy atom. The maximum atomic E-state index is 12.5. The highest BCUT2D eigenvalue weighted by atomic mass is 16.9. The number of ether oxygens (including phenoxy) is 8. The van der Waals surface area contributed by atoms with Crippen molar-refractivity contribution >= 4 is 76.7 Å². The van der Waals surface area contributed by atoms with E-state index in [1.54, 1.807) is 110 Å². The molecule has 3 unspecified atom stereocenters. The number of aliphatic imine (C=N–C) groups is 1. The molecule has 32 nitrogen and oxygen atoms in total. The number of nitrogen functional groups attached to an aromatic ring is 1. The highest BCUT2D eigenvalue weighted by Gasteiger charge is 2.33. The SMILES string of the molecule is C.C.C.C.CC(=O)C1CCCN(C(=O)OC(C)(C)C)C1.CCOC(=O)c1ccc(C)c(Nc2nccc(C3CCCN(C(=O)OC(C)(C)C)C3)n2)c1.CN(C)/C=C/C(=O)C1CCCN(C(=O)OC(C)(C)C)C1.COC(=O)c1ccc(C)c(N)c1.COC(=O)c1ccc(C)c(N=C(N)N)c1.COC(OC)N(C)C.O=[N+]([O-])O. The Kier molecular flexibility index (Phi) is 51.0. The number of nitrogens with zero attached hydrogens (tertiary/aromatic N) is 9. The Morgan fingerprint density at radius 3 is 1.48 bits per heavy atom. The van der Waals surface area contributed by atoms with Gasteiger partial charge in [0.15, 0.2) is 11.7 Å². The minimum atomic E-state index is -1.50. The van der Waals surface area contributed by atoms with Crippen LogP contribution in [0.5, 0.6) is 0 Å². The number of aromatic nitrogens is 2. The van der Waals surface area contributed by atoms with Gasteiger partial charge >= 0.3 is 36.2 Å². The van der Waals surface area contributed by atoms with Gasteiger partial charge in [-0.3, -0.25) is 14.5 Å². The molecule has 0 bridgehead atoms. The molecule has 3 fully saturated rings. The molecule has 628 valence electrons. The number of nitrogens with one attached hydrogen (secondary N) is 1. The minimum Gasteiger partial charge on any atom is -0.465 e. The number of aryl methyl sites for hydroxylation is 3. The minimum absolute atomic E-state index is 0. The second-order valence-corrected chi connectivity index (χ2v) is 28.3. The van der Waals surface area contributed by atoms with Crippen LogP contribution >= 0.6 is 0 Å². The number of likely N-dealkylation sites (tertiary alicyclic amines) is 3. The van der Waals surface area contributed by atoms with Crippen molar-refractivity contribution in [2.75, 3.05) is 114 Å². The predicted octanol–water partition coefficient (Wildman–Crippen LogP) is 13.7. The largest absolute Gasteiger partial charge is 0.465 e. The number of hydrogen-bond donors (Lipinski definition) is 5. The highest BCUT2D eigenvalue weighted by Crippen LogP contribution is 2.30. The average Bonchev–Trinajstić information content (AvgIpc) is 0.822. The molecule has 111 heavy (non-hydrogen) atoms. The molecule has 3 aromatic carbocycles. The number of piperidine rings is 3. The molecule has 3 amide bonds. The molecule has 3 saturated heterocycles. The van der Waals surface area contributed by atoms with Crippen molar-refractivity contribution in [1.82, 2.24) is 34.5 Å². The fourth-order valence-corrected chi connectivity index (χ4v) is 9.97. The van der Waals surface area contributed by atoms with Gasteiger partial charge in [-0.05, 0) is 215 Å². The lowest BCUT2D eigenvalue weighted by atomic mass is 9.94. The number of Topliss-reactive ketones (excluding diaryl/α,β-unsaturated/α-hetero) is 1. The fraction of sp³-hybridized carbons (Fsp3) is 0.582. The number of hydrogen-bond acceptors (Lipinski definition) is 25. The van der Waals surface area contributed by atoms with Crippen molar-refractivity contribution in [2.45, 2.75) is 194 Å². The van der Waals surface area contributed by atoms with Crippen LogP contribution in [-0.4, -0.2) is 224 Å². The number of ketones is 2. The monoisotopic (exact) mass is 1570 g/mol. The van der Waals surface area contributed by atoms with E-state index in [2.05, 4.69) is 24.8 Å². The van der Waals surface area contributed by atoms with E-state index < -0.39 is 27.9 Å². The molecule has 7 rings (SSSR count). The van der Waals surface area contributed by atoms with Crippen LogP contribution < -0.4 is 22.5 Å². The Bertz CT molecular complexity index is 3580. The maximum absolute atomic E-state index is 12.5. The molecule has 4 aromatic rings. The second-order valence-electron chi connectivity index (χ2n) is 28.3. The van der Waals surface area contributed by atoms with Gasteiger partial charge in [-0.2, -0.15) is 0 Å². The lowest BCUT2D eigenvalue weighted by molar-refractivity contribution is -0.742. The lowest BCUT2D eigenvalue weighted by Crippen LogP contribution is -2.44.